The van der Waals surface area contributed by atoms with Gasteiger partial charge >= 0.3 is 6.18 Å². The van der Waals surface area contributed by atoms with Crippen LogP contribution in [0.25, 0.3) is 10.9 Å². The molecule has 4 rings (SSSR count). The van der Waals surface area contributed by atoms with Crippen molar-refractivity contribution in [2.45, 2.75) is 25.1 Å². The number of carbonyl (C=O) groups excluding carboxylic acids is 1. The van der Waals surface area contributed by atoms with Crippen LogP contribution in [0.2, 0.25) is 0 Å². The summed E-state index contributed by atoms with van der Waals surface area (Å²) in [6.07, 6.45) is 1.02. The van der Waals surface area contributed by atoms with E-state index in [0.717, 1.165) is 40.7 Å². The Morgan fingerprint density at radius 3 is 2.82 bits per heavy atom. The number of aromatic nitrogens is 4. The van der Waals surface area contributed by atoms with E-state index in [2.05, 4.69) is 43.0 Å². The van der Waals surface area contributed by atoms with E-state index >= 15 is 0 Å². The predicted molar refractivity (Wildman–Crippen MR) is 105 cm³/mol. The van der Waals surface area contributed by atoms with Crippen molar-refractivity contribution in [1.82, 2.24) is 19.7 Å². The normalized spacial score (nSPS) is 19.4. The van der Waals surface area contributed by atoms with Crippen LogP contribution in [0.3, 0.4) is 0 Å². The van der Waals surface area contributed by atoms with Crippen LogP contribution in [0.5, 0.6) is 0 Å². The second-order valence-corrected chi connectivity index (χ2v) is 7.62. The maximum absolute atomic E-state index is 12.8. The molecule has 3 aromatic heterocycles. The second-order valence-electron chi connectivity index (χ2n) is 6.74. The minimum Gasteiger partial charge on any atom is -0.305 e. The lowest BCUT2D eigenvalue weighted by Crippen LogP contribution is -2.27. The van der Waals surface area contributed by atoms with Gasteiger partial charge in [0.1, 0.15) is 22.7 Å². The molecule has 146 valence electrons. The molecule has 28 heavy (non-hydrogen) atoms. The average Bonchev–Trinajstić information content (AvgIpc) is 3.03. The Labute approximate surface area is 171 Å². The number of hydrogen-bond acceptors (Lipinski definition) is 4. The van der Waals surface area contributed by atoms with Crippen molar-refractivity contribution in [2.24, 2.45) is 5.92 Å². The Balaban J connectivity index is 1.51. The van der Waals surface area contributed by atoms with Gasteiger partial charge in [-0.3, -0.25) is 9.48 Å². The zero-order valence-corrected chi connectivity index (χ0v) is 16.6. The third-order valence-corrected chi connectivity index (χ3v) is 5.97. The maximum Gasteiger partial charge on any atom is 0.433 e. The number of alkyl halides is 4. The Hall–Kier alpha value is -2.24. The number of anilines is 1. The molecule has 3 aromatic rings. The Morgan fingerprint density at radius 2 is 2.11 bits per heavy atom. The largest absolute Gasteiger partial charge is 0.433 e. The van der Waals surface area contributed by atoms with Gasteiger partial charge in [0.05, 0.1) is 12.2 Å². The van der Waals surface area contributed by atoms with Gasteiger partial charge in [-0.05, 0) is 37.0 Å². The summed E-state index contributed by atoms with van der Waals surface area (Å²) in [5.74, 6) is 0.204. The molecule has 1 aliphatic carbocycles. The SMILES string of the molecule is O=C(Nc1cc2cn([C@H]3C[C@H](CI)C3)nc2cn1)c1cccc(C(F)(F)F)n1. The summed E-state index contributed by atoms with van der Waals surface area (Å²) in [5, 5.41) is 7.82. The first-order valence-electron chi connectivity index (χ1n) is 8.60. The molecule has 0 unspecified atom stereocenters. The highest BCUT2D eigenvalue weighted by molar-refractivity contribution is 14.1. The van der Waals surface area contributed by atoms with E-state index in [9.17, 15) is 18.0 Å². The Kier molecular flexibility index (Phi) is 4.98. The Bertz CT molecular complexity index is 1030. The molecule has 0 aliphatic heterocycles. The quantitative estimate of drug-likeness (QED) is 0.423. The standard InChI is InChI=1S/C18H15F3IN5O/c19-18(20,21)15-3-1-2-13(24-15)17(28)25-16-6-11-9-27(26-14(11)8-23-16)12-4-10(5-12)7-22/h1-3,6,8-10,12H,4-5,7H2,(H,25,28)/t10-,12-. The van der Waals surface area contributed by atoms with Gasteiger partial charge in [-0.25, -0.2) is 9.97 Å². The lowest BCUT2D eigenvalue weighted by atomic mass is 9.82. The van der Waals surface area contributed by atoms with Crippen molar-refractivity contribution in [3.8, 4) is 0 Å². The van der Waals surface area contributed by atoms with Crippen molar-refractivity contribution in [3.05, 3.63) is 48.0 Å². The van der Waals surface area contributed by atoms with E-state index in [0.29, 0.717) is 11.6 Å². The lowest BCUT2D eigenvalue weighted by molar-refractivity contribution is -0.141. The highest BCUT2D eigenvalue weighted by atomic mass is 127. The van der Waals surface area contributed by atoms with Gasteiger partial charge in [0.15, 0.2) is 0 Å². The van der Waals surface area contributed by atoms with Crippen LogP contribution >= 0.6 is 22.6 Å². The molecule has 0 radical (unpaired) electrons. The summed E-state index contributed by atoms with van der Waals surface area (Å²) in [6, 6.07) is 5.21. The molecule has 1 fully saturated rings. The van der Waals surface area contributed by atoms with Crippen molar-refractivity contribution >= 4 is 45.2 Å². The smallest absolute Gasteiger partial charge is 0.305 e. The number of amides is 1. The first kappa shape index (κ1) is 19.1. The van der Waals surface area contributed by atoms with E-state index in [1.165, 1.54) is 12.3 Å². The van der Waals surface area contributed by atoms with Crippen molar-refractivity contribution in [3.63, 3.8) is 0 Å². The first-order chi connectivity index (χ1) is 13.3. The van der Waals surface area contributed by atoms with Crippen LogP contribution in [0.1, 0.15) is 35.1 Å². The first-order valence-corrected chi connectivity index (χ1v) is 10.1. The van der Waals surface area contributed by atoms with E-state index in [1.807, 2.05) is 10.9 Å². The number of fused-ring (bicyclic) bond motifs is 1. The number of carbonyl (C=O) groups is 1. The Morgan fingerprint density at radius 1 is 1.32 bits per heavy atom. The molecular weight excluding hydrogens is 486 g/mol. The highest BCUT2D eigenvalue weighted by Crippen LogP contribution is 2.39. The fourth-order valence-corrected chi connectivity index (χ4v) is 3.86. The van der Waals surface area contributed by atoms with Crippen molar-refractivity contribution in [1.29, 1.82) is 0 Å². The van der Waals surface area contributed by atoms with Crippen LogP contribution in [0.4, 0.5) is 19.0 Å². The summed E-state index contributed by atoms with van der Waals surface area (Å²) >= 11 is 2.39. The third kappa shape index (κ3) is 3.82. The molecule has 1 saturated carbocycles. The van der Waals surface area contributed by atoms with Crippen LogP contribution < -0.4 is 5.32 Å². The molecule has 0 saturated heterocycles. The maximum atomic E-state index is 12.8. The van der Waals surface area contributed by atoms with Crippen LogP contribution in [0.15, 0.2) is 36.7 Å². The fourth-order valence-electron chi connectivity index (χ4n) is 3.14. The molecule has 6 nitrogen and oxygen atoms in total. The summed E-state index contributed by atoms with van der Waals surface area (Å²) in [4.78, 5) is 19.8. The molecule has 3 heterocycles. The van der Waals surface area contributed by atoms with Crippen molar-refractivity contribution in [2.75, 3.05) is 9.74 Å². The van der Waals surface area contributed by atoms with Gasteiger partial charge in [-0.2, -0.15) is 18.3 Å². The van der Waals surface area contributed by atoms with Gasteiger partial charge in [0.2, 0.25) is 0 Å². The van der Waals surface area contributed by atoms with E-state index < -0.39 is 17.8 Å². The highest BCUT2D eigenvalue weighted by Gasteiger charge is 2.33. The number of rotatable bonds is 4. The minimum absolute atomic E-state index is 0.231. The van der Waals surface area contributed by atoms with Crippen molar-refractivity contribution < 1.29 is 18.0 Å². The number of nitrogens with one attached hydrogen (secondary N) is 1. The topological polar surface area (TPSA) is 72.7 Å². The lowest BCUT2D eigenvalue weighted by Gasteiger charge is -2.34. The molecule has 1 amide bonds. The molecule has 0 aromatic carbocycles. The van der Waals surface area contributed by atoms with Gasteiger partial charge in [0.25, 0.3) is 5.91 Å². The molecule has 0 spiro atoms. The fraction of sp³-hybridized carbons (Fsp3) is 0.333. The molecule has 1 aliphatic rings. The molecule has 1 N–H and O–H groups in total. The minimum atomic E-state index is -4.61. The van der Waals surface area contributed by atoms with Gasteiger partial charge in [-0.1, -0.05) is 28.7 Å². The molecule has 0 atom stereocenters. The summed E-state index contributed by atoms with van der Waals surface area (Å²) in [6.45, 7) is 0. The number of halogens is 4. The average molecular weight is 501 g/mol. The molecular formula is C18H15F3IN5O. The van der Waals surface area contributed by atoms with E-state index in [1.54, 1.807) is 6.07 Å². The zero-order chi connectivity index (χ0) is 19.9. The number of pyridine rings is 2. The van der Waals surface area contributed by atoms with E-state index in [-0.39, 0.29) is 11.5 Å². The van der Waals surface area contributed by atoms with Gasteiger partial charge in [-0.15, -0.1) is 0 Å². The predicted octanol–water partition coefficient (Wildman–Crippen LogP) is 4.48. The third-order valence-electron chi connectivity index (χ3n) is 4.73. The number of nitrogens with zero attached hydrogens (tertiary/aromatic N) is 4. The van der Waals surface area contributed by atoms with Gasteiger partial charge in [0, 0.05) is 16.0 Å². The van der Waals surface area contributed by atoms with Crippen LogP contribution in [-0.2, 0) is 6.18 Å². The van der Waals surface area contributed by atoms with E-state index in [4.69, 9.17) is 0 Å². The number of hydrogen-bond donors (Lipinski definition) is 1. The molecule has 10 heteroatoms. The zero-order valence-electron chi connectivity index (χ0n) is 14.4. The van der Waals surface area contributed by atoms with Crippen LogP contribution in [0, 0.1) is 5.92 Å². The molecule has 0 bridgehead atoms. The second kappa shape index (κ2) is 7.30. The monoisotopic (exact) mass is 501 g/mol. The summed E-state index contributed by atoms with van der Waals surface area (Å²) in [7, 11) is 0. The van der Waals surface area contributed by atoms with Crippen LogP contribution in [-0.4, -0.2) is 30.1 Å². The van der Waals surface area contributed by atoms with Gasteiger partial charge < -0.3 is 5.32 Å². The summed E-state index contributed by atoms with van der Waals surface area (Å²) in [5.41, 5.74) is -0.741. The summed E-state index contributed by atoms with van der Waals surface area (Å²) < 4.78 is 41.4.